The van der Waals surface area contributed by atoms with Crippen molar-refractivity contribution in [1.29, 1.82) is 0 Å². The highest BCUT2D eigenvalue weighted by Crippen LogP contribution is 2.37. The lowest BCUT2D eigenvalue weighted by Crippen LogP contribution is -2.36. The van der Waals surface area contributed by atoms with Crippen LogP contribution in [-0.4, -0.2) is 26.7 Å². The van der Waals surface area contributed by atoms with Gasteiger partial charge in [0.1, 0.15) is 11.1 Å². The van der Waals surface area contributed by atoms with Crippen molar-refractivity contribution in [2.45, 2.75) is 46.1 Å². The Morgan fingerprint density at radius 3 is 2.84 bits per heavy atom. The number of nitrogens with one attached hydrogen (secondary N) is 1. The molecule has 1 aliphatic rings. The molecule has 0 aliphatic heterocycles. The number of H-pyrrole nitrogens is 1. The lowest BCUT2D eigenvalue weighted by molar-refractivity contribution is -0.567. The van der Waals surface area contributed by atoms with E-state index in [1.54, 1.807) is 7.11 Å². The van der Waals surface area contributed by atoms with Gasteiger partial charge in [0.25, 0.3) is 5.56 Å². The monoisotopic (exact) mass is 418 g/mol. The topological polar surface area (TPSA) is 76.9 Å². The number of nitrogens with zero attached hydrogens (tertiary/aromatic N) is 4. The molecule has 3 heterocycles. The molecule has 0 bridgehead atoms. The van der Waals surface area contributed by atoms with Gasteiger partial charge in [-0.05, 0) is 36.5 Å². The first-order valence-electron chi connectivity index (χ1n) is 11.0. The first kappa shape index (κ1) is 19.7. The van der Waals surface area contributed by atoms with E-state index in [9.17, 15) is 4.79 Å². The lowest BCUT2D eigenvalue weighted by Gasteiger charge is -2.35. The van der Waals surface area contributed by atoms with Crippen molar-refractivity contribution >= 4 is 16.7 Å². The van der Waals surface area contributed by atoms with Crippen LogP contribution in [0.1, 0.15) is 45.0 Å². The number of aryl methyl sites for hydroxylation is 1. The minimum Gasteiger partial charge on any atom is -0.497 e. The maximum Gasteiger partial charge on any atom is 0.458 e. The number of ether oxygens (including phenoxy) is 1. The number of hydrogen-bond donors (Lipinski definition) is 1. The summed E-state index contributed by atoms with van der Waals surface area (Å²) in [5.74, 6) is 3.06. The van der Waals surface area contributed by atoms with Gasteiger partial charge in [0, 0.05) is 24.7 Å². The Bertz CT molecular complexity index is 1340. The van der Waals surface area contributed by atoms with E-state index in [4.69, 9.17) is 4.74 Å². The van der Waals surface area contributed by atoms with Crippen molar-refractivity contribution in [2.75, 3.05) is 7.11 Å². The van der Waals surface area contributed by atoms with Crippen LogP contribution in [-0.2, 0) is 0 Å². The molecule has 5 rings (SSSR count). The number of aromatic nitrogens is 5. The van der Waals surface area contributed by atoms with E-state index in [0.29, 0.717) is 28.5 Å². The van der Waals surface area contributed by atoms with Crippen molar-refractivity contribution in [2.24, 2.45) is 11.8 Å². The number of benzene rings is 1. The SMILES string of the molecule is COc1cccc(-c2c3c(=O)n(C4CCCC(C)C4C)ccc3nc3nc(C)[nH][n+]23)c1. The lowest BCUT2D eigenvalue weighted by atomic mass is 9.78. The van der Waals surface area contributed by atoms with Crippen LogP contribution in [0.4, 0.5) is 0 Å². The third-order valence-electron chi connectivity index (χ3n) is 6.88. The summed E-state index contributed by atoms with van der Waals surface area (Å²) in [5, 5.41) is 3.85. The van der Waals surface area contributed by atoms with Gasteiger partial charge in [-0.2, -0.15) is 0 Å². The molecule has 1 N–H and O–H groups in total. The van der Waals surface area contributed by atoms with Crippen LogP contribution in [0, 0.1) is 18.8 Å². The molecule has 0 amide bonds. The molecular weight excluding hydrogens is 390 g/mol. The molecule has 3 atom stereocenters. The Labute approximate surface area is 180 Å². The molecule has 7 heteroatoms. The molecule has 31 heavy (non-hydrogen) atoms. The van der Waals surface area contributed by atoms with Crippen LogP contribution >= 0.6 is 0 Å². The van der Waals surface area contributed by atoms with Crippen LogP contribution in [0.5, 0.6) is 5.75 Å². The number of rotatable bonds is 3. The second-order valence-corrected chi connectivity index (χ2v) is 8.76. The molecule has 7 nitrogen and oxygen atoms in total. The van der Waals surface area contributed by atoms with Crippen LogP contribution in [0.2, 0.25) is 0 Å². The highest BCUT2D eigenvalue weighted by molar-refractivity contribution is 5.90. The first-order chi connectivity index (χ1) is 15.0. The molecule has 0 radical (unpaired) electrons. The van der Waals surface area contributed by atoms with Crippen molar-refractivity contribution < 1.29 is 9.25 Å². The molecule has 160 valence electrons. The van der Waals surface area contributed by atoms with Gasteiger partial charge in [0.05, 0.1) is 7.11 Å². The summed E-state index contributed by atoms with van der Waals surface area (Å²) in [6.45, 7) is 6.44. The van der Waals surface area contributed by atoms with Gasteiger partial charge in [-0.1, -0.05) is 48.8 Å². The third kappa shape index (κ3) is 3.19. The van der Waals surface area contributed by atoms with Crippen LogP contribution in [0.25, 0.3) is 27.9 Å². The summed E-state index contributed by atoms with van der Waals surface area (Å²) >= 11 is 0. The normalized spacial score (nSPS) is 21.6. The van der Waals surface area contributed by atoms with Gasteiger partial charge in [0.15, 0.2) is 11.2 Å². The molecule has 3 unspecified atom stereocenters. The largest absolute Gasteiger partial charge is 0.497 e. The maximum absolute atomic E-state index is 13.9. The average molecular weight is 419 g/mol. The summed E-state index contributed by atoms with van der Waals surface area (Å²) in [5.41, 5.74) is 2.29. The predicted octanol–water partition coefficient (Wildman–Crippen LogP) is 3.84. The maximum atomic E-state index is 13.9. The Morgan fingerprint density at radius 1 is 1.19 bits per heavy atom. The zero-order chi connectivity index (χ0) is 21.7. The van der Waals surface area contributed by atoms with Crippen molar-refractivity contribution in [3.05, 3.63) is 52.7 Å². The zero-order valence-electron chi connectivity index (χ0n) is 18.4. The average Bonchev–Trinajstić information content (AvgIpc) is 3.14. The van der Waals surface area contributed by atoms with Gasteiger partial charge in [0.2, 0.25) is 5.82 Å². The second-order valence-electron chi connectivity index (χ2n) is 8.76. The highest BCUT2D eigenvalue weighted by atomic mass is 16.5. The molecular formula is C24H28N5O2+. The van der Waals surface area contributed by atoms with E-state index in [2.05, 4.69) is 28.9 Å². The Kier molecular flexibility index (Phi) is 4.76. The molecule has 0 saturated heterocycles. The van der Waals surface area contributed by atoms with Gasteiger partial charge in [-0.15, -0.1) is 4.52 Å². The number of pyridine rings is 1. The van der Waals surface area contributed by atoms with E-state index in [1.807, 2.05) is 52.5 Å². The number of methoxy groups -OCH3 is 1. The van der Waals surface area contributed by atoms with Gasteiger partial charge >= 0.3 is 5.78 Å². The van der Waals surface area contributed by atoms with Gasteiger partial charge in [-0.3, -0.25) is 4.79 Å². The van der Waals surface area contributed by atoms with E-state index in [0.717, 1.165) is 35.7 Å². The van der Waals surface area contributed by atoms with E-state index in [-0.39, 0.29) is 11.6 Å². The summed E-state index contributed by atoms with van der Waals surface area (Å²) < 4.78 is 9.19. The Hall–Kier alpha value is -3.22. The second kappa shape index (κ2) is 7.48. The summed E-state index contributed by atoms with van der Waals surface area (Å²) in [6, 6.07) is 9.92. The molecule has 1 saturated carbocycles. The molecule has 1 aromatic carbocycles. The predicted molar refractivity (Wildman–Crippen MR) is 119 cm³/mol. The fourth-order valence-electron chi connectivity index (χ4n) is 4.99. The van der Waals surface area contributed by atoms with Crippen LogP contribution in [0.3, 0.4) is 0 Å². The molecule has 1 aliphatic carbocycles. The Balaban J connectivity index is 1.84. The number of hydrogen-bond acceptors (Lipinski definition) is 4. The Morgan fingerprint density at radius 2 is 2.03 bits per heavy atom. The van der Waals surface area contributed by atoms with Gasteiger partial charge < -0.3 is 9.30 Å². The molecule has 4 aromatic rings. The minimum atomic E-state index is -0.00424. The smallest absolute Gasteiger partial charge is 0.458 e. The summed E-state index contributed by atoms with van der Waals surface area (Å²) in [6.07, 6.45) is 5.31. The molecule has 1 fully saturated rings. The van der Waals surface area contributed by atoms with E-state index < -0.39 is 0 Å². The summed E-state index contributed by atoms with van der Waals surface area (Å²) in [7, 11) is 1.64. The van der Waals surface area contributed by atoms with Crippen LogP contribution < -0.4 is 14.8 Å². The molecule has 0 spiro atoms. The van der Waals surface area contributed by atoms with Crippen molar-refractivity contribution in [3.8, 4) is 17.0 Å². The fourth-order valence-corrected chi connectivity index (χ4v) is 4.99. The number of fused-ring (bicyclic) bond motifs is 2. The van der Waals surface area contributed by atoms with Crippen molar-refractivity contribution in [1.82, 2.24) is 19.6 Å². The fraction of sp³-hybridized carbons (Fsp3) is 0.417. The molecule has 3 aromatic heterocycles. The van der Waals surface area contributed by atoms with Crippen molar-refractivity contribution in [3.63, 3.8) is 0 Å². The quantitative estimate of drug-likeness (QED) is 0.513. The van der Waals surface area contributed by atoms with Crippen LogP contribution in [0.15, 0.2) is 41.3 Å². The van der Waals surface area contributed by atoms with Gasteiger partial charge in [-0.25, -0.2) is 5.10 Å². The minimum absolute atomic E-state index is 0.00424. The van der Waals surface area contributed by atoms with E-state index >= 15 is 0 Å². The first-order valence-corrected chi connectivity index (χ1v) is 11.0. The third-order valence-corrected chi connectivity index (χ3v) is 6.88. The van der Waals surface area contributed by atoms with E-state index in [1.165, 1.54) is 6.42 Å². The highest BCUT2D eigenvalue weighted by Gasteiger charge is 2.31. The number of aromatic amines is 1. The standard InChI is InChI=1S/C24H27N5O2/c1-14-7-5-10-20(15(14)2)28-12-11-19-21(23(28)30)22(17-8-6-9-18(13-17)31-4)29-24(26-19)25-16(3)27-29/h6,8-9,11-15,20H,5,7,10H2,1-4H3/p+1. The zero-order valence-corrected chi connectivity index (χ0v) is 18.4. The summed E-state index contributed by atoms with van der Waals surface area (Å²) in [4.78, 5) is 23.1.